The summed E-state index contributed by atoms with van der Waals surface area (Å²) in [6, 6.07) is 8.31. The highest BCUT2D eigenvalue weighted by Crippen LogP contribution is 2.67. The highest BCUT2D eigenvalue weighted by Gasteiger charge is 2.66. The van der Waals surface area contributed by atoms with E-state index in [9.17, 15) is 5.11 Å². The molecule has 0 radical (unpaired) electrons. The molecule has 2 fully saturated rings. The van der Waals surface area contributed by atoms with Gasteiger partial charge in [-0.1, -0.05) is 24.6 Å². The van der Waals surface area contributed by atoms with Crippen LogP contribution in [0.25, 0.3) is 0 Å². The zero-order chi connectivity index (χ0) is 10.5. The number of benzene rings is 1. The second kappa shape index (κ2) is 3.26. The Balaban J connectivity index is 2.00. The second-order valence-electron chi connectivity index (χ2n) is 4.67. The van der Waals surface area contributed by atoms with Crippen LogP contribution >= 0.6 is 11.8 Å². The van der Waals surface area contributed by atoms with Crippen molar-refractivity contribution in [2.24, 2.45) is 11.8 Å². The third-order valence-electron chi connectivity index (χ3n) is 4.08. The van der Waals surface area contributed by atoms with Crippen LogP contribution in [0.3, 0.4) is 0 Å². The van der Waals surface area contributed by atoms with Crippen molar-refractivity contribution in [3.05, 3.63) is 29.8 Å². The molecule has 2 unspecified atom stereocenters. The van der Waals surface area contributed by atoms with E-state index >= 15 is 0 Å². The number of aliphatic hydroxyl groups is 1. The lowest BCUT2D eigenvalue weighted by Crippen LogP contribution is -2.14. The first kappa shape index (κ1) is 9.73. The predicted molar refractivity (Wildman–Crippen MR) is 63.0 cm³/mol. The van der Waals surface area contributed by atoms with E-state index in [1.165, 1.54) is 29.7 Å². The number of hydrogen-bond donors (Lipinski definition) is 1. The van der Waals surface area contributed by atoms with Gasteiger partial charge < -0.3 is 5.11 Å². The minimum Gasteiger partial charge on any atom is -0.385 e. The molecular weight excluding hydrogens is 204 g/mol. The van der Waals surface area contributed by atoms with E-state index in [0.29, 0.717) is 11.8 Å². The van der Waals surface area contributed by atoms with Gasteiger partial charge in [0.25, 0.3) is 0 Å². The van der Waals surface area contributed by atoms with Crippen LogP contribution < -0.4 is 0 Å². The second-order valence-corrected chi connectivity index (χ2v) is 5.52. The van der Waals surface area contributed by atoms with Gasteiger partial charge in [-0.3, -0.25) is 0 Å². The molecule has 1 aromatic carbocycles. The predicted octanol–water partition coefficient (Wildman–Crippen LogP) is 3.03. The molecule has 0 heterocycles. The molecule has 1 nitrogen and oxygen atoms in total. The summed E-state index contributed by atoms with van der Waals surface area (Å²) in [6.45, 7) is 0. The van der Waals surface area contributed by atoms with Gasteiger partial charge in [-0.2, -0.15) is 0 Å². The van der Waals surface area contributed by atoms with E-state index in [4.69, 9.17) is 0 Å². The lowest BCUT2D eigenvalue weighted by Gasteiger charge is -2.17. The molecule has 3 rings (SSSR count). The topological polar surface area (TPSA) is 20.2 Å². The molecule has 2 heteroatoms. The molecule has 2 saturated carbocycles. The maximum absolute atomic E-state index is 10.7. The summed E-state index contributed by atoms with van der Waals surface area (Å²) in [5.41, 5.74) is 0.699. The summed E-state index contributed by atoms with van der Waals surface area (Å²) in [5.74, 6) is 1.09. The third kappa shape index (κ3) is 1.21. The van der Waals surface area contributed by atoms with Gasteiger partial charge in [0, 0.05) is 4.90 Å². The molecule has 1 aromatic rings. The summed E-state index contributed by atoms with van der Waals surface area (Å²) in [7, 11) is 0. The van der Waals surface area contributed by atoms with Crippen molar-refractivity contribution in [3.8, 4) is 0 Å². The number of thioether (sulfide) groups is 1. The third-order valence-corrected chi connectivity index (χ3v) is 4.87. The zero-order valence-electron chi connectivity index (χ0n) is 8.94. The van der Waals surface area contributed by atoms with Crippen LogP contribution in [0, 0.1) is 11.8 Å². The van der Waals surface area contributed by atoms with Crippen LogP contribution in [0.4, 0.5) is 0 Å². The fourth-order valence-electron chi connectivity index (χ4n) is 3.30. The molecule has 0 amide bonds. The first-order valence-electron chi connectivity index (χ1n) is 5.64. The fraction of sp³-hybridized carbons (Fsp3) is 0.538. The fourth-order valence-corrected chi connectivity index (χ4v) is 3.96. The minimum absolute atomic E-state index is 0.474. The molecule has 0 spiro atoms. The van der Waals surface area contributed by atoms with E-state index in [2.05, 4.69) is 24.5 Å². The standard InChI is InChI=1S/C13H16OS/c1-15-12-8-3-2-5-11(12)13(14)9-6-4-7-10(9)13/h2-3,5,8-10,14H,4,6-7H2,1H3. The van der Waals surface area contributed by atoms with Gasteiger partial charge in [0.2, 0.25) is 0 Å². The molecular formula is C13H16OS. The largest absolute Gasteiger partial charge is 0.385 e. The van der Waals surface area contributed by atoms with Crippen LogP contribution in [-0.2, 0) is 5.60 Å². The van der Waals surface area contributed by atoms with Crippen LogP contribution in [0.15, 0.2) is 29.2 Å². The van der Waals surface area contributed by atoms with E-state index in [-0.39, 0.29) is 0 Å². The Bertz CT molecular complexity index is 378. The number of hydrogen-bond acceptors (Lipinski definition) is 2. The van der Waals surface area contributed by atoms with Crippen molar-refractivity contribution in [2.45, 2.75) is 29.8 Å². The monoisotopic (exact) mass is 220 g/mol. The molecule has 80 valence electrons. The molecule has 0 aromatic heterocycles. The van der Waals surface area contributed by atoms with Crippen molar-refractivity contribution >= 4 is 11.8 Å². The summed E-state index contributed by atoms with van der Waals surface area (Å²) in [6.07, 6.45) is 5.81. The van der Waals surface area contributed by atoms with Gasteiger partial charge in [0.1, 0.15) is 0 Å². The quantitative estimate of drug-likeness (QED) is 0.773. The average Bonchev–Trinajstić information content (AvgIpc) is 2.71. The Kier molecular flexibility index (Phi) is 2.12. The maximum Gasteiger partial charge on any atom is 0.0970 e. The minimum atomic E-state index is -0.474. The van der Waals surface area contributed by atoms with Gasteiger partial charge in [0.05, 0.1) is 5.60 Å². The first-order chi connectivity index (χ1) is 7.28. The summed E-state index contributed by atoms with van der Waals surface area (Å²) in [5, 5.41) is 10.7. The Morgan fingerprint density at radius 3 is 2.60 bits per heavy atom. The van der Waals surface area contributed by atoms with E-state index in [0.717, 1.165) is 0 Å². The molecule has 1 N–H and O–H groups in total. The molecule has 15 heavy (non-hydrogen) atoms. The van der Waals surface area contributed by atoms with Gasteiger partial charge in [0.15, 0.2) is 0 Å². The molecule has 0 saturated heterocycles. The van der Waals surface area contributed by atoms with Crippen LogP contribution in [-0.4, -0.2) is 11.4 Å². The summed E-state index contributed by atoms with van der Waals surface area (Å²) >= 11 is 1.74. The van der Waals surface area contributed by atoms with Gasteiger partial charge in [-0.15, -0.1) is 11.8 Å². The highest BCUT2D eigenvalue weighted by atomic mass is 32.2. The lowest BCUT2D eigenvalue weighted by molar-refractivity contribution is 0.103. The Labute approximate surface area is 94.9 Å². The number of fused-ring (bicyclic) bond motifs is 1. The summed E-state index contributed by atoms with van der Waals surface area (Å²) in [4.78, 5) is 1.24. The molecule has 0 aliphatic heterocycles. The summed E-state index contributed by atoms with van der Waals surface area (Å²) < 4.78 is 0. The Morgan fingerprint density at radius 2 is 1.93 bits per heavy atom. The zero-order valence-corrected chi connectivity index (χ0v) is 9.76. The normalized spacial score (nSPS) is 37.7. The van der Waals surface area contributed by atoms with Crippen molar-refractivity contribution in [1.29, 1.82) is 0 Å². The van der Waals surface area contributed by atoms with Gasteiger partial charge in [-0.25, -0.2) is 0 Å². The lowest BCUT2D eigenvalue weighted by atomic mass is 9.99. The van der Waals surface area contributed by atoms with Crippen molar-refractivity contribution in [3.63, 3.8) is 0 Å². The molecule has 2 aliphatic rings. The van der Waals surface area contributed by atoms with Gasteiger partial charge >= 0.3 is 0 Å². The molecule has 0 bridgehead atoms. The van der Waals surface area contributed by atoms with Crippen molar-refractivity contribution < 1.29 is 5.11 Å². The Morgan fingerprint density at radius 1 is 1.27 bits per heavy atom. The van der Waals surface area contributed by atoms with Crippen LogP contribution in [0.2, 0.25) is 0 Å². The number of rotatable bonds is 2. The van der Waals surface area contributed by atoms with E-state index in [1.54, 1.807) is 11.8 Å². The SMILES string of the molecule is CSc1ccccc1C1(O)C2CCCC21. The Hall–Kier alpha value is -0.470. The van der Waals surface area contributed by atoms with Crippen LogP contribution in [0.1, 0.15) is 24.8 Å². The van der Waals surface area contributed by atoms with Crippen molar-refractivity contribution in [1.82, 2.24) is 0 Å². The molecule has 2 aliphatic carbocycles. The van der Waals surface area contributed by atoms with Crippen molar-refractivity contribution in [2.75, 3.05) is 6.26 Å². The average molecular weight is 220 g/mol. The molecule has 2 atom stereocenters. The maximum atomic E-state index is 10.7. The van der Waals surface area contributed by atoms with E-state index in [1.807, 2.05) is 6.07 Å². The smallest absolute Gasteiger partial charge is 0.0970 e. The van der Waals surface area contributed by atoms with Crippen LogP contribution in [0.5, 0.6) is 0 Å². The van der Waals surface area contributed by atoms with Gasteiger partial charge in [-0.05, 0) is 42.6 Å². The first-order valence-corrected chi connectivity index (χ1v) is 6.87. The highest BCUT2D eigenvalue weighted by molar-refractivity contribution is 7.98. The van der Waals surface area contributed by atoms with E-state index < -0.39 is 5.60 Å².